The average Bonchev–Trinajstić information content (AvgIpc) is 2.41. The summed E-state index contributed by atoms with van der Waals surface area (Å²) in [5.41, 5.74) is 2.15. The minimum Gasteiger partial charge on any atom is -0.496 e. The van der Waals surface area contributed by atoms with E-state index in [9.17, 15) is 5.11 Å². The van der Waals surface area contributed by atoms with E-state index in [-0.39, 0.29) is 0 Å². The fourth-order valence-electron chi connectivity index (χ4n) is 2.89. The number of aliphatic hydroxyl groups is 1. The lowest BCUT2D eigenvalue weighted by molar-refractivity contribution is 0.198. The Kier molecular flexibility index (Phi) is 5.86. The number of aliphatic hydroxyl groups excluding tert-OH is 1. The van der Waals surface area contributed by atoms with Crippen molar-refractivity contribution < 1.29 is 9.84 Å². The predicted octanol–water partition coefficient (Wildman–Crippen LogP) is 3.51. The molecule has 20 heavy (non-hydrogen) atoms. The Bertz CT molecular complexity index is 409. The van der Waals surface area contributed by atoms with Crippen LogP contribution in [0.25, 0.3) is 0 Å². The summed E-state index contributed by atoms with van der Waals surface area (Å²) in [4.78, 5) is 2.52. The predicted molar refractivity (Wildman–Crippen MR) is 82.0 cm³/mol. The van der Waals surface area contributed by atoms with Gasteiger partial charge in [0, 0.05) is 12.1 Å². The Hall–Kier alpha value is -1.06. The van der Waals surface area contributed by atoms with Crippen LogP contribution < -0.4 is 4.74 Å². The molecule has 0 spiro atoms. The number of hydrogen-bond acceptors (Lipinski definition) is 3. The molecule has 3 nitrogen and oxygen atoms in total. The monoisotopic (exact) mass is 277 g/mol. The van der Waals surface area contributed by atoms with Gasteiger partial charge >= 0.3 is 0 Å². The lowest BCUT2D eigenvalue weighted by Gasteiger charge is -2.25. The zero-order valence-corrected chi connectivity index (χ0v) is 12.8. The highest BCUT2D eigenvalue weighted by atomic mass is 16.5. The van der Waals surface area contributed by atoms with Crippen molar-refractivity contribution in [3.05, 3.63) is 29.3 Å². The third kappa shape index (κ3) is 4.22. The van der Waals surface area contributed by atoms with Gasteiger partial charge in [-0.2, -0.15) is 0 Å². The Labute approximate surface area is 122 Å². The smallest absolute Gasteiger partial charge is 0.123 e. The van der Waals surface area contributed by atoms with E-state index in [0.717, 1.165) is 17.9 Å². The summed E-state index contributed by atoms with van der Waals surface area (Å²) in [5, 5.41) is 9.75. The molecule has 1 N–H and O–H groups in total. The van der Waals surface area contributed by atoms with E-state index in [1.54, 1.807) is 7.11 Å². The molecule has 1 heterocycles. The second-order valence-electron chi connectivity index (χ2n) is 5.79. The van der Waals surface area contributed by atoms with Crippen molar-refractivity contribution in [2.45, 2.75) is 51.7 Å². The van der Waals surface area contributed by atoms with Crippen molar-refractivity contribution >= 4 is 0 Å². The van der Waals surface area contributed by atoms with Gasteiger partial charge in [-0.3, -0.25) is 4.90 Å². The first-order valence-electron chi connectivity index (χ1n) is 7.78. The molecule has 0 amide bonds. The Balaban J connectivity index is 2.10. The Morgan fingerprint density at radius 2 is 1.80 bits per heavy atom. The fraction of sp³-hybridized carbons (Fsp3) is 0.647. The van der Waals surface area contributed by atoms with Gasteiger partial charge < -0.3 is 9.84 Å². The topological polar surface area (TPSA) is 32.7 Å². The van der Waals surface area contributed by atoms with Crippen LogP contribution in [0.2, 0.25) is 0 Å². The molecule has 1 aromatic rings. The first kappa shape index (κ1) is 15.3. The van der Waals surface area contributed by atoms with E-state index >= 15 is 0 Å². The molecule has 2 rings (SSSR count). The van der Waals surface area contributed by atoms with Gasteiger partial charge in [-0.25, -0.2) is 0 Å². The molecule has 1 unspecified atom stereocenters. The number of likely N-dealkylation sites (tertiary alicyclic amines) is 1. The minimum absolute atomic E-state index is 0.424. The van der Waals surface area contributed by atoms with Gasteiger partial charge in [0.2, 0.25) is 0 Å². The number of ether oxygens (including phenoxy) is 1. The third-order valence-corrected chi connectivity index (χ3v) is 4.13. The van der Waals surface area contributed by atoms with Crippen LogP contribution in [0.1, 0.15) is 56.3 Å². The molecule has 1 atom stereocenters. The summed E-state index contributed by atoms with van der Waals surface area (Å²) >= 11 is 0. The van der Waals surface area contributed by atoms with Crippen molar-refractivity contribution in [1.82, 2.24) is 4.90 Å². The van der Waals surface area contributed by atoms with Gasteiger partial charge in [0.15, 0.2) is 0 Å². The van der Waals surface area contributed by atoms with Gasteiger partial charge in [0.1, 0.15) is 5.75 Å². The van der Waals surface area contributed by atoms with Crippen LogP contribution in [0.5, 0.6) is 5.75 Å². The van der Waals surface area contributed by atoms with Crippen LogP contribution in [0, 0.1) is 0 Å². The lowest BCUT2D eigenvalue weighted by Crippen LogP contribution is -2.27. The highest BCUT2D eigenvalue weighted by Crippen LogP contribution is 2.25. The van der Waals surface area contributed by atoms with Crippen LogP contribution >= 0.6 is 0 Å². The number of benzene rings is 1. The highest BCUT2D eigenvalue weighted by Gasteiger charge is 2.13. The largest absolute Gasteiger partial charge is 0.496 e. The third-order valence-electron chi connectivity index (χ3n) is 4.13. The van der Waals surface area contributed by atoms with Crippen LogP contribution in [0.15, 0.2) is 18.2 Å². The van der Waals surface area contributed by atoms with Crippen molar-refractivity contribution in [3.8, 4) is 5.75 Å². The van der Waals surface area contributed by atoms with Crippen molar-refractivity contribution in [1.29, 1.82) is 0 Å². The maximum atomic E-state index is 9.75. The first-order chi connectivity index (χ1) is 9.70. The average molecular weight is 277 g/mol. The Morgan fingerprint density at radius 1 is 1.15 bits per heavy atom. The van der Waals surface area contributed by atoms with E-state index in [2.05, 4.69) is 11.0 Å². The van der Waals surface area contributed by atoms with E-state index in [1.165, 1.54) is 50.8 Å². The van der Waals surface area contributed by atoms with Crippen molar-refractivity contribution in [2.24, 2.45) is 0 Å². The van der Waals surface area contributed by atoms with Crippen LogP contribution in [0.4, 0.5) is 0 Å². The second kappa shape index (κ2) is 7.65. The zero-order valence-electron chi connectivity index (χ0n) is 12.8. The van der Waals surface area contributed by atoms with Crippen LogP contribution in [0.3, 0.4) is 0 Å². The summed E-state index contributed by atoms with van der Waals surface area (Å²) in [5.74, 6) is 0.927. The van der Waals surface area contributed by atoms with Crippen molar-refractivity contribution in [2.75, 3.05) is 20.2 Å². The molecule has 0 radical (unpaired) electrons. The zero-order chi connectivity index (χ0) is 14.4. The number of methoxy groups -OCH3 is 1. The standard InChI is InChI=1S/C17H27NO2/c1-14(19)15-8-9-17(20-2)16(12-15)13-18-10-6-4-3-5-7-11-18/h8-9,12,14,19H,3-7,10-11,13H2,1-2H3. The first-order valence-corrected chi connectivity index (χ1v) is 7.78. The van der Waals surface area contributed by atoms with E-state index < -0.39 is 6.10 Å². The molecule has 1 aliphatic heterocycles. The molecule has 0 saturated carbocycles. The molecule has 112 valence electrons. The maximum absolute atomic E-state index is 9.75. The van der Waals surface area contributed by atoms with Gasteiger partial charge in [0.25, 0.3) is 0 Å². The summed E-state index contributed by atoms with van der Waals surface area (Å²) in [6.45, 7) is 5.07. The van der Waals surface area contributed by atoms with Gasteiger partial charge in [-0.1, -0.05) is 25.3 Å². The Morgan fingerprint density at radius 3 is 2.40 bits per heavy atom. The molecule has 0 aromatic heterocycles. The van der Waals surface area contributed by atoms with Crippen LogP contribution in [-0.4, -0.2) is 30.2 Å². The van der Waals surface area contributed by atoms with Gasteiger partial charge in [0.05, 0.1) is 13.2 Å². The molecule has 0 aliphatic carbocycles. The lowest BCUT2D eigenvalue weighted by atomic mass is 10.0. The molecular formula is C17H27NO2. The summed E-state index contributed by atoms with van der Waals surface area (Å²) in [6.07, 6.45) is 6.24. The normalized spacial score (nSPS) is 19.1. The van der Waals surface area contributed by atoms with Gasteiger partial charge in [-0.05, 0) is 50.6 Å². The molecule has 1 aliphatic rings. The van der Waals surface area contributed by atoms with Gasteiger partial charge in [-0.15, -0.1) is 0 Å². The van der Waals surface area contributed by atoms with E-state index in [4.69, 9.17) is 4.74 Å². The quantitative estimate of drug-likeness (QED) is 0.914. The van der Waals surface area contributed by atoms with E-state index in [0.29, 0.717) is 0 Å². The molecular weight excluding hydrogens is 250 g/mol. The second-order valence-corrected chi connectivity index (χ2v) is 5.79. The molecule has 1 fully saturated rings. The molecule has 0 bridgehead atoms. The summed E-state index contributed by atoms with van der Waals surface area (Å²) < 4.78 is 5.47. The highest BCUT2D eigenvalue weighted by molar-refractivity contribution is 5.38. The number of rotatable bonds is 4. The number of nitrogens with zero attached hydrogens (tertiary/aromatic N) is 1. The molecule has 3 heteroatoms. The SMILES string of the molecule is COc1ccc(C(C)O)cc1CN1CCCCCCC1. The minimum atomic E-state index is -0.424. The number of hydrogen-bond donors (Lipinski definition) is 1. The molecule has 1 saturated heterocycles. The van der Waals surface area contributed by atoms with E-state index in [1.807, 2.05) is 19.1 Å². The summed E-state index contributed by atoms with van der Waals surface area (Å²) in [6, 6.07) is 6.00. The molecule has 1 aromatic carbocycles. The van der Waals surface area contributed by atoms with Crippen molar-refractivity contribution in [3.63, 3.8) is 0 Å². The maximum Gasteiger partial charge on any atom is 0.123 e. The van der Waals surface area contributed by atoms with Crippen LogP contribution in [-0.2, 0) is 6.54 Å². The fourth-order valence-corrected chi connectivity index (χ4v) is 2.89. The summed E-state index contributed by atoms with van der Waals surface area (Å²) in [7, 11) is 1.72.